The fraction of sp³-hybridized carbons (Fsp3) is 1.00. The summed E-state index contributed by atoms with van der Waals surface area (Å²) in [6.45, 7) is 1.61. The van der Waals surface area contributed by atoms with Crippen molar-refractivity contribution in [3.05, 3.63) is 0 Å². The first kappa shape index (κ1) is 15.8. The average Bonchev–Trinajstić information content (AvgIpc) is 3.51. The molecule has 5 heteroatoms. The zero-order chi connectivity index (χ0) is 16.4. The predicted molar refractivity (Wildman–Crippen MR) is 89.4 cm³/mol. The van der Waals surface area contributed by atoms with E-state index < -0.39 is 0 Å². The van der Waals surface area contributed by atoms with Crippen LogP contribution in [-0.4, -0.2) is 62.0 Å². The zero-order valence-electron chi connectivity index (χ0n) is 14.9. The Bertz CT molecular complexity index is 492. The monoisotopic (exact) mass is 350 g/mol. The maximum atomic E-state index is 6.43. The van der Waals surface area contributed by atoms with Crippen LogP contribution in [0.5, 0.6) is 0 Å². The maximum absolute atomic E-state index is 6.43. The fourth-order valence-electron chi connectivity index (χ4n) is 5.62. The van der Waals surface area contributed by atoms with Crippen LogP contribution in [0, 0.1) is 5.41 Å². The summed E-state index contributed by atoms with van der Waals surface area (Å²) in [4.78, 5) is 0. The first-order chi connectivity index (χ1) is 12.3. The van der Waals surface area contributed by atoms with E-state index in [4.69, 9.17) is 23.7 Å². The van der Waals surface area contributed by atoms with Crippen LogP contribution in [0.25, 0.3) is 0 Å². The van der Waals surface area contributed by atoms with Gasteiger partial charge >= 0.3 is 0 Å². The third-order valence-corrected chi connectivity index (χ3v) is 7.42. The SMILES string of the molecule is C1CC(OCC2(COC3CCCC4OC34)CCC3OC3C2)C2OC2C1. The molecule has 0 aromatic carbocycles. The molecule has 6 fully saturated rings. The van der Waals surface area contributed by atoms with E-state index in [0.29, 0.717) is 48.8 Å². The van der Waals surface area contributed by atoms with Crippen molar-refractivity contribution in [2.75, 3.05) is 13.2 Å². The molecule has 140 valence electrons. The smallest absolute Gasteiger partial charge is 0.110 e. The Morgan fingerprint density at radius 3 is 1.92 bits per heavy atom. The van der Waals surface area contributed by atoms with Gasteiger partial charge in [-0.15, -0.1) is 0 Å². The van der Waals surface area contributed by atoms with Gasteiger partial charge in [0.2, 0.25) is 0 Å². The lowest BCUT2D eigenvalue weighted by atomic mass is 9.75. The van der Waals surface area contributed by atoms with E-state index in [1.165, 1.54) is 25.7 Å². The van der Waals surface area contributed by atoms with Crippen molar-refractivity contribution in [1.82, 2.24) is 0 Å². The molecule has 0 radical (unpaired) electrons. The molecule has 5 nitrogen and oxygen atoms in total. The molecule has 0 bridgehead atoms. The summed E-state index contributed by atoms with van der Waals surface area (Å²) in [6.07, 6.45) is 14.0. The van der Waals surface area contributed by atoms with Gasteiger partial charge in [0.25, 0.3) is 0 Å². The van der Waals surface area contributed by atoms with E-state index in [-0.39, 0.29) is 5.41 Å². The summed E-state index contributed by atoms with van der Waals surface area (Å²) in [6, 6.07) is 0. The van der Waals surface area contributed by atoms with E-state index in [9.17, 15) is 0 Å². The first-order valence-corrected chi connectivity index (χ1v) is 10.5. The highest BCUT2D eigenvalue weighted by atomic mass is 16.6. The third kappa shape index (κ3) is 3.06. The predicted octanol–water partition coefficient (Wildman–Crippen LogP) is 2.60. The number of ether oxygens (including phenoxy) is 5. The van der Waals surface area contributed by atoms with Crippen molar-refractivity contribution in [3.8, 4) is 0 Å². The van der Waals surface area contributed by atoms with Crippen molar-refractivity contribution in [2.24, 2.45) is 5.41 Å². The number of rotatable bonds is 6. The molecule has 8 atom stereocenters. The van der Waals surface area contributed by atoms with Crippen molar-refractivity contribution in [1.29, 1.82) is 0 Å². The molecule has 0 amide bonds. The van der Waals surface area contributed by atoms with Crippen molar-refractivity contribution < 1.29 is 23.7 Å². The quantitative estimate of drug-likeness (QED) is 0.689. The molecule has 0 spiro atoms. The molecule has 0 aromatic rings. The average molecular weight is 350 g/mol. The van der Waals surface area contributed by atoms with E-state index in [2.05, 4.69) is 0 Å². The molecule has 0 N–H and O–H groups in total. The van der Waals surface area contributed by atoms with Gasteiger partial charge in [-0.3, -0.25) is 0 Å². The topological polar surface area (TPSA) is 56.1 Å². The van der Waals surface area contributed by atoms with Crippen LogP contribution < -0.4 is 0 Å². The van der Waals surface area contributed by atoms with Crippen LogP contribution in [0.3, 0.4) is 0 Å². The molecule has 25 heavy (non-hydrogen) atoms. The lowest BCUT2D eigenvalue weighted by Gasteiger charge is -2.38. The Morgan fingerprint density at radius 1 is 0.680 bits per heavy atom. The van der Waals surface area contributed by atoms with E-state index in [1.807, 2.05) is 0 Å². The lowest BCUT2D eigenvalue weighted by Crippen LogP contribution is -2.41. The molecule has 3 aliphatic heterocycles. The number of fused-ring (bicyclic) bond motifs is 3. The summed E-state index contributed by atoms with van der Waals surface area (Å²) < 4.78 is 30.2. The number of epoxide rings is 3. The molecule has 6 rings (SSSR count). The second-order valence-electron chi connectivity index (χ2n) is 9.29. The van der Waals surface area contributed by atoms with Gasteiger partial charge in [0.1, 0.15) is 12.2 Å². The Balaban J connectivity index is 1.09. The van der Waals surface area contributed by atoms with Crippen LogP contribution in [0.4, 0.5) is 0 Å². The van der Waals surface area contributed by atoms with Gasteiger partial charge in [0.15, 0.2) is 0 Å². The maximum Gasteiger partial charge on any atom is 0.110 e. The van der Waals surface area contributed by atoms with Crippen LogP contribution >= 0.6 is 0 Å². The van der Waals surface area contributed by atoms with Crippen molar-refractivity contribution in [3.63, 3.8) is 0 Å². The summed E-state index contributed by atoms with van der Waals surface area (Å²) >= 11 is 0. The fourth-order valence-corrected chi connectivity index (χ4v) is 5.62. The van der Waals surface area contributed by atoms with Crippen LogP contribution in [0.15, 0.2) is 0 Å². The van der Waals surface area contributed by atoms with Crippen LogP contribution in [0.1, 0.15) is 57.8 Å². The molecule has 6 aliphatic rings. The largest absolute Gasteiger partial charge is 0.375 e. The summed E-state index contributed by atoms with van der Waals surface area (Å²) in [7, 11) is 0. The molecule has 3 saturated carbocycles. The Kier molecular flexibility index (Phi) is 3.73. The van der Waals surface area contributed by atoms with Gasteiger partial charge in [-0.05, 0) is 57.8 Å². The molecular weight excluding hydrogens is 320 g/mol. The van der Waals surface area contributed by atoms with Gasteiger partial charge in [-0.2, -0.15) is 0 Å². The summed E-state index contributed by atoms with van der Waals surface area (Å²) in [5.74, 6) is 0. The molecule has 3 saturated heterocycles. The normalized spacial score (nSPS) is 55.7. The Labute approximate surface area is 149 Å². The second kappa shape index (κ2) is 5.90. The number of hydrogen-bond donors (Lipinski definition) is 0. The van der Waals surface area contributed by atoms with Gasteiger partial charge in [0.05, 0.1) is 49.8 Å². The molecule has 8 unspecified atom stereocenters. The van der Waals surface area contributed by atoms with E-state index in [0.717, 1.165) is 45.3 Å². The van der Waals surface area contributed by atoms with Gasteiger partial charge < -0.3 is 23.7 Å². The van der Waals surface area contributed by atoms with Crippen LogP contribution in [0.2, 0.25) is 0 Å². The minimum atomic E-state index is 0.126. The summed E-state index contributed by atoms with van der Waals surface area (Å²) in [5.41, 5.74) is 0.126. The summed E-state index contributed by atoms with van der Waals surface area (Å²) in [5, 5.41) is 0. The minimum Gasteiger partial charge on any atom is -0.375 e. The molecule has 3 heterocycles. The highest BCUT2D eigenvalue weighted by molar-refractivity contribution is 5.01. The highest BCUT2D eigenvalue weighted by Crippen LogP contribution is 2.48. The molecule has 0 aromatic heterocycles. The lowest BCUT2D eigenvalue weighted by molar-refractivity contribution is -0.0938. The minimum absolute atomic E-state index is 0.126. The Hall–Kier alpha value is -0.200. The highest BCUT2D eigenvalue weighted by Gasteiger charge is 2.54. The molecule has 3 aliphatic carbocycles. The van der Waals surface area contributed by atoms with Crippen LogP contribution in [-0.2, 0) is 23.7 Å². The second-order valence-corrected chi connectivity index (χ2v) is 9.29. The first-order valence-electron chi connectivity index (χ1n) is 10.5. The zero-order valence-corrected chi connectivity index (χ0v) is 14.9. The third-order valence-electron chi connectivity index (χ3n) is 7.42. The van der Waals surface area contributed by atoms with Gasteiger partial charge in [-0.25, -0.2) is 0 Å². The van der Waals surface area contributed by atoms with E-state index >= 15 is 0 Å². The number of hydrogen-bond acceptors (Lipinski definition) is 5. The van der Waals surface area contributed by atoms with Crippen molar-refractivity contribution in [2.45, 2.75) is 107 Å². The molecular formula is C20H30O5. The van der Waals surface area contributed by atoms with Crippen molar-refractivity contribution >= 4 is 0 Å². The standard InChI is InChI=1S/C20H30O5/c1-3-13(18-15(5-1)24-18)21-10-20(8-7-12-17(9-20)23-12)11-22-14-4-2-6-16-19(14)25-16/h12-19H,1-11H2. The van der Waals surface area contributed by atoms with Gasteiger partial charge in [0, 0.05) is 5.41 Å². The Morgan fingerprint density at radius 2 is 1.32 bits per heavy atom. The van der Waals surface area contributed by atoms with E-state index in [1.54, 1.807) is 0 Å². The van der Waals surface area contributed by atoms with Gasteiger partial charge in [-0.1, -0.05) is 0 Å².